The number of nitrogens with one attached hydrogen (secondary N) is 2. The topological polar surface area (TPSA) is 96.0 Å². The maximum absolute atomic E-state index is 12.1. The Balaban J connectivity index is 0.00000205. The summed E-state index contributed by atoms with van der Waals surface area (Å²) in [6.45, 7) is 2.78. The van der Waals surface area contributed by atoms with Crippen molar-refractivity contribution in [1.29, 1.82) is 0 Å². The Morgan fingerprint density at radius 1 is 1.25 bits per heavy atom. The molecule has 2 aliphatic rings. The zero-order valence-corrected chi connectivity index (χ0v) is 15.5. The van der Waals surface area contributed by atoms with Crippen molar-refractivity contribution < 1.29 is 11.0 Å². The molecule has 4 heterocycles. The minimum atomic E-state index is -0.0404. The lowest BCUT2D eigenvalue weighted by Gasteiger charge is -2.31. The number of fused-ring (bicyclic) bond motifs is 2. The molecule has 146 valence electrons. The van der Waals surface area contributed by atoms with E-state index in [0.29, 0.717) is 18.3 Å². The van der Waals surface area contributed by atoms with Crippen molar-refractivity contribution in [3.05, 3.63) is 30.6 Å². The molecule has 5 rings (SSSR count). The van der Waals surface area contributed by atoms with Crippen LogP contribution in [0.1, 0.15) is 20.7 Å². The number of anilines is 2. The van der Waals surface area contributed by atoms with E-state index in [4.69, 9.17) is 9.72 Å². The molecule has 0 radical (unpaired) electrons. The molecule has 0 saturated carbocycles. The second kappa shape index (κ2) is 7.20. The molecule has 28 heavy (non-hydrogen) atoms. The summed E-state index contributed by atoms with van der Waals surface area (Å²) >= 11 is 0. The zero-order chi connectivity index (χ0) is 18.9. The van der Waals surface area contributed by atoms with Crippen molar-refractivity contribution in [1.82, 2.24) is 20.2 Å². The van der Waals surface area contributed by atoms with Crippen LogP contribution >= 0.6 is 0 Å². The normalized spacial score (nSPS) is 17.6. The van der Waals surface area contributed by atoms with E-state index in [1.165, 1.54) is 0 Å². The lowest BCUT2D eigenvalue weighted by atomic mass is 9.96. The molecule has 1 saturated heterocycles. The number of carbonyl (C=O) groups excluding carboxylic acids is 1. The third-order valence-corrected chi connectivity index (χ3v) is 5.53. The molecule has 0 atom stereocenters. The van der Waals surface area contributed by atoms with Gasteiger partial charge in [0.2, 0.25) is 5.91 Å². The fourth-order valence-corrected chi connectivity index (χ4v) is 3.91. The van der Waals surface area contributed by atoms with Gasteiger partial charge in [-0.15, -0.1) is 0 Å². The van der Waals surface area contributed by atoms with Crippen LogP contribution < -0.4 is 10.2 Å². The monoisotopic (exact) mass is 380 g/mol. The maximum atomic E-state index is 12.1. The van der Waals surface area contributed by atoms with Crippen LogP contribution in [0.3, 0.4) is 0 Å². The van der Waals surface area contributed by atoms with E-state index in [1.54, 1.807) is 12.4 Å². The fraction of sp³-hybridized carbons (Fsp3) is 0.400. The van der Waals surface area contributed by atoms with E-state index in [0.717, 1.165) is 67.0 Å². The largest absolute Gasteiger partial charge is 0.381 e. The molecular weight excluding hydrogens is 356 g/mol. The average Bonchev–Trinajstić information content (AvgIpc) is 3.20. The molecule has 8 heteroatoms. The third kappa shape index (κ3) is 3.31. The van der Waals surface area contributed by atoms with Gasteiger partial charge >= 0.3 is 0 Å². The zero-order valence-electron chi connectivity index (χ0n) is 15.5. The van der Waals surface area contributed by atoms with Gasteiger partial charge in [0.15, 0.2) is 11.6 Å². The Hall–Kier alpha value is -3.00. The highest BCUT2D eigenvalue weighted by Gasteiger charge is 2.26. The average molecular weight is 380 g/mol. The van der Waals surface area contributed by atoms with Crippen molar-refractivity contribution in [3.8, 4) is 11.3 Å². The second-order valence-corrected chi connectivity index (χ2v) is 7.41. The minimum absolute atomic E-state index is 0. The molecular formula is C20H24N6O2. The van der Waals surface area contributed by atoms with Crippen molar-refractivity contribution in [2.24, 2.45) is 5.92 Å². The first-order chi connectivity index (χ1) is 13.8. The first-order valence-corrected chi connectivity index (χ1v) is 9.69. The first-order valence-electron chi connectivity index (χ1n) is 9.69. The van der Waals surface area contributed by atoms with Crippen LogP contribution in [0.15, 0.2) is 30.6 Å². The van der Waals surface area contributed by atoms with E-state index < -0.39 is 0 Å². The summed E-state index contributed by atoms with van der Waals surface area (Å²) in [6.07, 6.45) is 6.71. The van der Waals surface area contributed by atoms with Crippen LogP contribution in [0.2, 0.25) is 0 Å². The van der Waals surface area contributed by atoms with Crippen LogP contribution in [0.25, 0.3) is 22.2 Å². The van der Waals surface area contributed by atoms with Gasteiger partial charge in [-0.1, -0.05) is 6.07 Å². The van der Waals surface area contributed by atoms with Crippen LogP contribution in [-0.4, -0.2) is 52.4 Å². The van der Waals surface area contributed by atoms with Crippen LogP contribution in [-0.2, 0) is 9.53 Å². The number of nitrogens with zero attached hydrogens (tertiary/aromatic N) is 4. The quantitative estimate of drug-likeness (QED) is 0.723. The van der Waals surface area contributed by atoms with Gasteiger partial charge in [-0.25, -0.2) is 9.97 Å². The number of aromatic nitrogens is 4. The van der Waals surface area contributed by atoms with Gasteiger partial charge in [0.25, 0.3) is 0 Å². The summed E-state index contributed by atoms with van der Waals surface area (Å²) in [7, 11) is 0. The number of ether oxygens (including phenoxy) is 1. The van der Waals surface area contributed by atoms with Gasteiger partial charge in [0.1, 0.15) is 0 Å². The standard InChI is InChI=1S/C20H22N6O2.H2/c27-18-12-26(6-3-13-4-7-28-8-5-13)20-19(24-18)21-11-17(23-20)14-1-2-16-15(9-14)10-22-25-16;/h1-2,9-11,13H,3-8,12H2,(H,22,25)(H,21,24,27);1H. The Morgan fingerprint density at radius 3 is 3.04 bits per heavy atom. The molecule has 1 fully saturated rings. The molecule has 8 nitrogen and oxygen atoms in total. The molecule has 0 aliphatic carbocycles. The van der Waals surface area contributed by atoms with Gasteiger partial charge in [0, 0.05) is 32.1 Å². The van der Waals surface area contributed by atoms with Crippen molar-refractivity contribution in [2.75, 3.05) is 36.5 Å². The minimum Gasteiger partial charge on any atom is -0.381 e. The molecule has 1 amide bonds. The second-order valence-electron chi connectivity index (χ2n) is 7.41. The summed E-state index contributed by atoms with van der Waals surface area (Å²) < 4.78 is 5.45. The fourth-order valence-electron chi connectivity index (χ4n) is 3.91. The molecule has 0 spiro atoms. The molecule has 2 N–H and O–H groups in total. The summed E-state index contributed by atoms with van der Waals surface area (Å²) in [5.41, 5.74) is 2.75. The number of hydrogen-bond acceptors (Lipinski definition) is 6. The molecule has 0 unspecified atom stereocenters. The number of H-pyrrole nitrogens is 1. The summed E-state index contributed by atoms with van der Waals surface area (Å²) in [5.74, 6) is 1.89. The first kappa shape index (κ1) is 17.1. The SMILES string of the molecule is O=C1CN(CCC2CCOCC2)c2nc(-c3ccc4[nH]ncc4c3)cnc2N1.[HH]. The number of benzene rings is 1. The lowest BCUT2D eigenvalue weighted by Crippen LogP contribution is -2.40. The van der Waals surface area contributed by atoms with Gasteiger partial charge in [0.05, 0.1) is 30.1 Å². The maximum Gasteiger partial charge on any atom is 0.245 e. The van der Waals surface area contributed by atoms with Gasteiger partial charge in [-0.3, -0.25) is 9.89 Å². The molecule has 0 bridgehead atoms. The predicted molar refractivity (Wildman–Crippen MR) is 108 cm³/mol. The molecule has 1 aromatic carbocycles. The highest BCUT2D eigenvalue weighted by molar-refractivity contribution is 5.99. The number of carbonyl (C=O) groups is 1. The van der Waals surface area contributed by atoms with Gasteiger partial charge in [-0.2, -0.15) is 5.10 Å². The number of aromatic amines is 1. The Labute approximate surface area is 163 Å². The highest BCUT2D eigenvalue weighted by Crippen LogP contribution is 2.30. The predicted octanol–water partition coefficient (Wildman–Crippen LogP) is 2.84. The molecule has 2 aromatic heterocycles. The van der Waals surface area contributed by atoms with Crippen molar-refractivity contribution in [2.45, 2.75) is 19.3 Å². The Bertz CT molecular complexity index is 1020. The number of hydrogen-bond donors (Lipinski definition) is 2. The van der Waals surface area contributed by atoms with E-state index in [-0.39, 0.29) is 7.33 Å². The number of rotatable bonds is 4. The summed E-state index contributed by atoms with van der Waals surface area (Å²) in [4.78, 5) is 23.5. The van der Waals surface area contributed by atoms with E-state index >= 15 is 0 Å². The number of amides is 1. The Morgan fingerprint density at radius 2 is 2.14 bits per heavy atom. The highest BCUT2D eigenvalue weighted by atomic mass is 16.5. The lowest BCUT2D eigenvalue weighted by molar-refractivity contribution is -0.115. The van der Waals surface area contributed by atoms with E-state index in [1.807, 2.05) is 18.2 Å². The van der Waals surface area contributed by atoms with Gasteiger partial charge < -0.3 is 15.0 Å². The third-order valence-electron chi connectivity index (χ3n) is 5.53. The smallest absolute Gasteiger partial charge is 0.245 e. The Kier molecular flexibility index (Phi) is 4.40. The van der Waals surface area contributed by atoms with Crippen LogP contribution in [0.4, 0.5) is 11.6 Å². The molecule has 2 aliphatic heterocycles. The summed E-state index contributed by atoms with van der Waals surface area (Å²) in [5, 5.41) is 10.9. The van der Waals surface area contributed by atoms with E-state index in [9.17, 15) is 4.79 Å². The van der Waals surface area contributed by atoms with Crippen molar-refractivity contribution in [3.63, 3.8) is 0 Å². The van der Waals surface area contributed by atoms with E-state index in [2.05, 4.69) is 25.4 Å². The van der Waals surface area contributed by atoms with Gasteiger partial charge in [-0.05, 0) is 37.3 Å². The van der Waals surface area contributed by atoms with Crippen LogP contribution in [0.5, 0.6) is 0 Å². The molecule has 3 aromatic rings. The van der Waals surface area contributed by atoms with Crippen molar-refractivity contribution >= 4 is 28.4 Å². The summed E-state index contributed by atoms with van der Waals surface area (Å²) in [6, 6.07) is 6.04. The van der Waals surface area contributed by atoms with Crippen LogP contribution in [0, 0.1) is 5.92 Å².